The SMILES string of the molecule is C=C/C=c1/c(CCNCCC(CN)/C(C=C)=C/C(=C)Cl)c[nH]/c1=C/C. The zero-order valence-electron chi connectivity index (χ0n) is 15.2. The molecule has 136 valence electrons. The number of nitrogens with two attached hydrogens (primary N) is 1. The van der Waals surface area contributed by atoms with Crippen LogP contribution >= 0.6 is 11.6 Å². The van der Waals surface area contributed by atoms with E-state index in [9.17, 15) is 0 Å². The first-order valence-electron chi connectivity index (χ1n) is 8.61. The Kier molecular flexibility index (Phi) is 9.93. The lowest BCUT2D eigenvalue weighted by Gasteiger charge is -2.16. The molecule has 4 N–H and O–H groups in total. The molecule has 4 heteroatoms. The molecule has 0 aliphatic rings. The number of aromatic amines is 1. The Morgan fingerprint density at radius 1 is 1.40 bits per heavy atom. The smallest absolute Gasteiger partial charge is 0.0413 e. The number of hydrogen-bond acceptors (Lipinski definition) is 2. The Labute approximate surface area is 156 Å². The van der Waals surface area contributed by atoms with E-state index < -0.39 is 0 Å². The van der Waals surface area contributed by atoms with Crippen molar-refractivity contribution in [2.45, 2.75) is 19.8 Å². The molecule has 1 aromatic rings. The van der Waals surface area contributed by atoms with Crippen LogP contribution in [0.3, 0.4) is 0 Å². The highest BCUT2D eigenvalue weighted by Crippen LogP contribution is 2.17. The molecule has 1 atom stereocenters. The van der Waals surface area contributed by atoms with Crippen LogP contribution in [0.25, 0.3) is 12.2 Å². The largest absolute Gasteiger partial charge is 0.361 e. The molecule has 0 spiro atoms. The van der Waals surface area contributed by atoms with Crippen molar-refractivity contribution in [3.63, 3.8) is 0 Å². The first kappa shape index (κ1) is 21.2. The van der Waals surface area contributed by atoms with Gasteiger partial charge in [-0.1, -0.05) is 55.6 Å². The number of aromatic nitrogens is 1. The molecule has 3 nitrogen and oxygen atoms in total. The predicted octanol–water partition coefficient (Wildman–Crippen LogP) is 2.74. The first-order chi connectivity index (χ1) is 12.1. The molecule has 0 saturated carbocycles. The molecule has 1 unspecified atom stereocenters. The van der Waals surface area contributed by atoms with E-state index in [1.165, 1.54) is 10.8 Å². The summed E-state index contributed by atoms with van der Waals surface area (Å²) in [6.45, 7) is 15.7. The van der Waals surface area contributed by atoms with Crippen molar-refractivity contribution in [2.24, 2.45) is 11.7 Å². The quantitative estimate of drug-likeness (QED) is 0.420. The number of allylic oxidation sites excluding steroid dienone is 4. The fourth-order valence-corrected chi connectivity index (χ4v) is 2.95. The zero-order valence-corrected chi connectivity index (χ0v) is 15.9. The molecule has 0 aliphatic carbocycles. The van der Waals surface area contributed by atoms with Gasteiger partial charge in [0.25, 0.3) is 0 Å². The molecule has 0 fully saturated rings. The van der Waals surface area contributed by atoms with Crippen LogP contribution in [0.15, 0.2) is 54.8 Å². The van der Waals surface area contributed by atoms with Crippen molar-refractivity contribution in [1.82, 2.24) is 10.3 Å². The first-order valence-corrected chi connectivity index (χ1v) is 8.99. The third-order valence-corrected chi connectivity index (χ3v) is 4.28. The monoisotopic (exact) mass is 359 g/mol. The fraction of sp³-hybridized carbons (Fsp3) is 0.333. The molecule has 0 saturated heterocycles. The molecular formula is C21H30ClN3. The normalized spacial score (nSPS) is 14.6. The topological polar surface area (TPSA) is 53.8 Å². The summed E-state index contributed by atoms with van der Waals surface area (Å²) in [5.41, 5.74) is 8.23. The lowest BCUT2D eigenvalue weighted by atomic mass is 9.95. The second-order valence-electron chi connectivity index (χ2n) is 5.85. The second kappa shape index (κ2) is 11.7. The van der Waals surface area contributed by atoms with Gasteiger partial charge in [-0.3, -0.25) is 0 Å². The van der Waals surface area contributed by atoms with E-state index >= 15 is 0 Å². The zero-order chi connectivity index (χ0) is 18.7. The van der Waals surface area contributed by atoms with E-state index in [0.29, 0.717) is 11.6 Å². The Morgan fingerprint density at radius 3 is 2.72 bits per heavy atom. The maximum atomic E-state index is 5.89. The van der Waals surface area contributed by atoms with Gasteiger partial charge >= 0.3 is 0 Å². The molecule has 25 heavy (non-hydrogen) atoms. The summed E-state index contributed by atoms with van der Waals surface area (Å²) >= 11 is 5.87. The summed E-state index contributed by atoms with van der Waals surface area (Å²) in [5.74, 6) is 0.235. The molecule has 0 bridgehead atoms. The van der Waals surface area contributed by atoms with Crippen molar-refractivity contribution in [3.05, 3.63) is 70.9 Å². The molecule has 0 aromatic carbocycles. The summed E-state index contributed by atoms with van der Waals surface area (Å²) in [5, 5.41) is 6.35. The Morgan fingerprint density at radius 2 is 2.16 bits per heavy atom. The van der Waals surface area contributed by atoms with Crippen LogP contribution in [0.1, 0.15) is 18.9 Å². The summed E-state index contributed by atoms with van der Waals surface area (Å²) in [4.78, 5) is 3.30. The molecule has 0 radical (unpaired) electrons. The van der Waals surface area contributed by atoms with Gasteiger partial charge in [-0.05, 0) is 62.5 Å². The number of rotatable bonds is 11. The summed E-state index contributed by atoms with van der Waals surface area (Å²) in [6, 6.07) is 0. The minimum atomic E-state index is 0.235. The lowest BCUT2D eigenvalue weighted by molar-refractivity contribution is 0.537. The third-order valence-electron chi connectivity index (χ3n) is 4.17. The van der Waals surface area contributed by atoms with Crippen LogP contribution in [-0.2, 0) is 6.42 Å². The van der Waals surface area contributed by atoms with E-state index in [-0.39, 0.29) is 5.92 Å². The van der Waals surface area contributed by atoms with Gasteiger partial charge in [-0.2, -0.15) is 0 Å². The molecule has 1 heterocycles. The van der Waals surface area contributed by atoms with E-state index in [2.05, 4.69) is 42.3 Å². The van der Waals surface area contributed by atoms with Crippen LogP contribution in [0.5, 0.6) is 0 Å². The number of H-pyrrole nitrogens is 1. The van der Waals surface area contributed by atoms with Crippen molar-refractivity contribution >= 4 is 23.8 Å². The van der Waals surface area contributed by atoms with Crippen LogP contribution < -0.4 is 21.6 Å². The maximum Gasteiger partial charge on any atom is 0.0413 e. The van der Waals surface area contributed by atoms with Gasteiger partial charge in [0.1, 0.15) is 0 Å². The average molecular weight is 360 g/mol. The summed E-state index contributed by atoms with van der Waals surface area (Å²) < 4.78 is 0. The number of nitrogens with one attached hydrogen (secondary N) is 2. The van der Waals surface area contributed by atoms with Crippen LogP contribution in [0, 0.1) is 5.92 Å². The molecule has 1 aromatic heterocycles. The van der Waals surface area contributed by atoms with Gasteiger partial charge in [0, 0.05) is 21.8 Å². The summed E-state index contributed by atoms with van der Waals surface area (Å²) in [7, 11) is 0. The van der Waals surface area contributed by atoms with Crippen LogP contribution in [0.2, 0.25) is 0 Å². The number of halogens is 1. The molecule has 1 rings (SSSR count). The fourth-order valence-electron chi connectivity index (χ4n) is 2.82. The molecule has 0 aliphatic heterocycles. The van der Waals surface area contributed by atoms with Gasteiger partial charge < -0.3 is 16.0 Å². The van der Waals surface area contributed by atoms with Crippen molar-refractivity contribution in [3.8, 4) is 0 Å². The van der Waals surface area contributed by atoms with E-state index in [4.69, 9.17) is 17.3 Å². The lowest BCUT2D eigenvalue weighted by Crippen LogP contribution is -2.28. The van der Waals surface area contributed by atoms with Gasteiger partial charge in [0.05, 0.1) is 0 Å². The van der Waals surface area contributed by atoms with Crippen LogP contribution in [0.4, 0.5) is 0 Å². The maximum absolute atomic E-state index is 5.89. The Bertz CT molecular complexity index is 725. The predicted molar refractivity (Wildman–Crippen MR) is 112 cm³/mol. The van der Waals surface area contributed by atoms with Gasteiger partial charge in [0.2, 0.25) is 0 Å². The van der Waals surface area contributed by atoms with E-state index in [1.54, 1.807) is 0 Å². The summed E-state index contributed by atoms with van der Waals surface area (Å²) in [6.07, 6.45) is 13.6. The minimum Gasteiger partial charge on any atom is -0.361 e. The van der Waals surface area contributed by atoms with Gasteiger partial charge in [0.15, 0.2) is 0 Å². The van der Waals surface area contributed by atoms with Gasteiger partial charge in [-0.25, -0.2) is 0 Å². The third kappa shape index (κ3) is 6.91. The molecular weight excluding hydrogens is 330 g/mol. The second-order valence-corrected chi connectivity index (χ2v) is 6.33. The number of hydrogen-bond donors (Lipinski definition) is 3. The highest BCUT2D eigenvalue weighted by atomic mass is 35.5. The highest BCUT2D eigenvalue weighted by Gasteiger charge is 2.10. The minimum absolute atomic E-state index is 0.235. The van der Waals surface area contributed by atoms with E-state index in [0.717, 1.165) is 36.9 Å². The van der Waals surface area contributed by atoms with Crippen molar-refractivity contribution in [1.29, 1.82) is 0 Å². The standard InChI is InChI=1S/C21H30ClN3/c1-5-8-20-19(15-25-21(20)7-3)10-12-24-11-9-18(14-23)17(6-2)13-16(4)22/h5-8,13,15,18,24-25H,1-2,4,9-12,14,23H2,3H3/b17-13+,20-8-,21-7+. The Balaban J connectivity index is 2.55. The van der Waals surface area contributed by atoms with Gasteiger partial charge in [-0.15, -0.1) is 0 Å². The molecule has 0 amide bonds. The highest BCUT2D eigenvalue weighted by molar-refractivity contribution is 6.30. The van der Waals surface area contributed by atoms with Crippen molar-refractivity contribution in [2.75, 3.05) is 19.6 Å². The average Bonchev–Trinajstić information content (AvgIpc) is 2.98. The van der Waals surface area contributed by atoms with E-state index in [1.807, 2.05) is 31.2 Å². The van der Waals surface area contributed by atoms with Crippen LogP contribution in [-0.4, -0.2) is 24.6 Å². The Hall–Kier alpha value is -1.81. The van der Waals surface area contributed by atoms with Crippen molar-refractivity contribution < 1.29 is 0 Å².